The molecule has 1 N–H and O–H groups in total. The Labute approximate surface area is 143 Å². The number of hydrogen-bond acceptors (Lipinski definition) is 7. The third-order valence-corrected chi connectivity index (χ3v) is 5.20. The van der Waals surface area contributed by atoms with Gasteiger partial charge in [0.2, 0.25) is 18.0 Å². The fourth-order valence-corrected chi connectivity index (χ4v) is 3.58. The van der Waals surface area contributed by atoms with Crippen LogP contribution in [0.15, 0.2) is 17.1 Å². The van der Waals surface area contributed by atoms with Crippen LogP contribution in [0, 0.1) is 5.41 Å². The number of carbonyl (C=O) groups is 2. The number of pyridine rings is 1. The van der Waals surface area contributed by atoms with Crippen molar-refractivity contribution in [3.63, 3.8) is 0 Å². The normalized spacial score (nSPS) is 22.5. The first kappa shape index (κ1) is 15.8. The van der Waals surface area contributed by atoms with Crippen LogP contribution < -0.4 is 15.6 Å². The van der Waals surface area contributed by atoms with Crippen LogP contribution in [-0.2, 0) is 9.47 Å². The van der Waals surface area contributed by atoms with Gasteiger partial charge >= 0.3 is 6.16 Å². The van der Waals surface area contributed by atoms with E-state index < -0.39 is 18.4 Å². The molecule has 0 bridgehead atoms. The van der Waals surface area contributed by atoms with E-state index in [1.807, 2.05) is 0 Å². The first-order valence-electron chi connectivity index (χ1n) is 8.20. The van der Waals surface area contributed by atoms with Crippen LogP contribution in [0.4, 0.5) is 4.79 Å². The minimum Gasteiger partial charge on any atom is -0.451 e. The van der Waals surface area contributed by atoms with Gasteiger partial charge < -0.3 is 24.5 Å². The summed E-state index contributed by atoms with van der Waals surface area (Å²) in [5.74, 6) is -0.404. The van der Waals surface area contributed by atoms with Gasteiger partial charge in [-0.3, -0.25) is 14.3 Å². The van der Waals surface area contributed by atoms with Crippen molar-refractivity contribution in [2.75, 3.05) is 25.9 Å². The quantitative estimate of drug-likeness (QED) is 0.638. The molecule has 134 valence electrons. The van der Waals surface area contributed by atoms with E-state index in [1.54, 1.807) is 4.90 Å². The zero-order valence-corrected chi connectivity index (χ0v) is 13.8. The lowest BCUT2D eigenvalue weighted by atomic mass is 9.90. The topological polar surface area (TPSA) is 99.1 Å². The summed E-state index contributed by atoms with van der Waals surface area (Å²) in [6.07, 6.45) is 4.82. The number of amides is 1. The van der Waals surface area contributed by atoms with E-state index in [4.69, 9.17) is 4.74 Å². The van der Waals surface area contributed by atoms with Crippen molar-refractivity contribution in [2.45, 2.75) is 31.8 Å². The molecule has 1 atom stereocenters. The highest BCUT2D eigenvalue weighted by Crippen LogP contribution is 2.55. The van der Waals surface area contributed by atoms with Gasteiger partial charge in [-0.25, -0.2) is 4.79 Å². The zero-order chi connectivity index (χ0) is 17.6. The summed E-state index contributed by atoms with van der Waals surface area (Å²) in [7, 11) is 1.16. The predicted molar refractivity (Wildman–Crippen MR) is 84.8 cm³/mol. The zero-order valence-electron chi connectivity index (χ0n) is 13.8. The van der Waals surface area contributed by atoms with Gasteiger partial charge in [0.05, 0.1) is 7.11 Å². The Hall–Kier alpha value is -2.71. The molecule has 1 unspecified atom stereocenters. The lowest BCUT2D eigenvalue weighted by Gasteiger charge is -2.44. The average Bonchev–Trinajstić information content (AvgIpc) is 3.35. The Kier molecular flexibility index (Phi) is 3.59. The van der Waals surface area contributed by atoms with Gasteiger partial charge in [-0.2, -0.15) is 0 Å². The molecular weight excluding hydrogens is 330 g/mol. The van der Waals surface area contributed by atoms with Crippen LogP contribution in [0.5, 0.6) is 5.75 Å². The molecule has 2 fully saturated rings. The van der Waals surface area contributed by atoms with Crippen molar-refractivity contribution in [2.24, 2.45) is 5.41 Å². The molecule has 2 aliphatic heterocycles. The summed E-state index contributed by atoms with van der Waals surface area (Å²) in [5, 5.41) is 0. The molecule has 1 spiro atoms. The van der Waals surface area contributed by atoms with Crippen molar-refractivity contribution >= 4 is 12.1 Å². The standard InChI is InChI=1S/C16H19N3O6/c1-23-15(22)25-9-24-13-10(20)2-6-19-12(13)14(21)18-7-5-16(3-4-16)8-11(18)17-19/h2,6,11,17H,3-5,7-9H2,1H3. The van der Waals surface area contributed by atoms with E-state index in [0.29, 0.717) is 12.0 Å². The summed E-state index contributed by atoms with van der Waals surface area (Å²) in [4.78, 5) is 37.8. The molecular formula is C16H19N3O6. The lowest BCUT2D eigenvalue weighted by Crippen LogP contribution is -2.57. The number of piperidine rings is 1. The summed E-state index contributed by atoms with van der Waals surface area (Å²) >= 11 is 0. The van der Waals surface area contributed by atoms with E-state index in [1.165, 1.54) is 29.8 Å². The van der Waals surface area contributed by atoms with Gasteiger partial charge in [0, 0.05) is 18.8 Å². The molecule has 1 aromatic heterocycles. The van der Waals surface area contributed by atoms with Crippen LogP contribution in [0.2, 0.25) is 0 Å². The molecule has 25 heavy (non-hydrogen) atoms. The van der Waals surface area contributed by atoms with Crippen LogP contribution in [0.1, 0.15) is 36.2 Å². The number of ether oxygens (including phenoxy) is 3. The van der Waals surface area contributed by atoms with Crippen LogP contribution in [-0.4, -0.2) is 48.3 Å². The third-order valence-electron chi connectivity index (χ3n) is 5.20. The first-order valence-corrected chi connectivity index (χ1v) is 8.20. The molecule has 1 aromatic rings. The number of rotatable bonds is 3. The van der Waals surface area contributed by atoms with Crippen LogP contribution in [0.3, 0.4) is 0 Å². The first-order chi connectivity index (χ1) is 12.0. The maximum absolute atomic E-state index is 12.9. The number of carbonyl (C=O) groups excluding carboxylic acids is 2. The molecule has 1 saturated carbocycles. The van der Waals surface area contributed by atoms with Gasteiger partial charge in [0.25, 0.3) is 5.91 Å². The summed E-state index contributed by atoms with van der Waals surface area (Å²) in [5.41, 5.74) is 3.31. The van der Waals surface area contributed by atoms with E-state index in [0.717, 1.165) is 20.0 Å². The summed E-state index contributed by atoms with van der Waals surface area (Å²) in [6.45, 7) is 0.135. The fraction of sp³-hybridized carbons (Fsp3) is 0.562. The van der Waals surface area contributed by atoms with Gasteiger partial charge in [0.15, 0.2) is 5.69 Å². The van der Waals surface area contributed by atoms with Crippen molar-refractivity contribution < 1.29 is 23.8 Å². The molecule has 0 radical (unpaired) electrons. The van der Waals surface area contributed by atoms with Crippen molar-refractivity contribution in [1.29, 1.82) is 0 Å². The Balaban J connectivity index is 1.60. The molecule has 4 rings (SSSR count). The van der Waals surface area contributed by atoms with Gasteiger partial charge in [-0.15, -0.1) is 0 Å². The van der Waals surface area contributed by atoms with E-state index in [9.17, 15) is 14.4 Å². The highest BCUT2D eigenvalue weighted by Gasteiger charge is 2.51. The maximum atomic E-state index is 12.9. The minimum atomic E-state index is -0.930. The van der Waals surface area contributed by atoms with Gasteiger partial charge in [0.1, 0.15) is 6.17 Å². The number of hydrogen-bond donors (Lipinski definition) is 1. The Morgan fingerprint density at radius 1 is 1.36 bits per heavy atom. The van der Waals surface area contributed by atoms with E-state index in [-0.39, 0.29) is 23.5 Å². The van der Waals surface area contributed by atoms with Gasteiger partial charge in [-0.05, 0) is 31.1 Å². The number of aromatic nitrogens is 1. The summed E-state index contributed by atoms with van der Waals surface area (Å²) in [6, 6.07) is 1.31. The molecule has 1 amide bonds. The fourth-order valence-electron chi connectivity index (χ4n) is 3.58. The monoisotopic (exact) mass is 349 g/mol. The van der Waals surface area contributed by atoms with Crippen molar-refractivity contribution in [1.82, 2.24) is 9.58 Å². The Morgan fingerprint density at radius 2 is 2.16 bits per heavy atom. The molecule has 3 aliphatic rings. The second-order valence-corrected chi connectivity index (χ2v) is 6.69. The number of nitrogens with zero attached hydrogens (tertiary/aromatic N) is 2. The maximum Gasteiger partial charge on any atom is 0.510 e. The van der Waals surface area contributed by atoms with E-state index >= 15 is 0 Å². The smallest absolute Gasteiger partial charge is 0.451 e. The van der Waals surface area contributed by atoms with Crippen LogP contribution >= 0.6 is 0 Å². The Bertz CT molecular complexity index is 785. The second-order valence-electron chi connectivity index (χ2n) is 6.69. The predicted octanol–water partition coefficient (Wildman–Crippen LogP) is 0.867. The number of nitrogens with one attached hydrogen (secondary N) is 1. The number of methoxy groups -OCH3 is 1. The molecule has 0 aromatic carbocycles. The van der Waals surface area contributed by atoms with Gasteiger partial charge in [-0.1, -0.05) is 0 Å². The summed E-state index contributed by atoms with van der Waals surface area (Å²) < 4.78 is 15.8. The second kappa shape index (κ2) is 5.68. The molecule has 3 heterocycles. The molecule has 9 nitrogen and oxygen atoms in total. The largest absolute Gasteiger partial charge is 0.510 e. The highest BCUT2D eigenvalue weighted by molar-refractivity contribution is 5.96. The van der Waals surface area contributed by atoms with Crippen molar-refractivity contribution in [3.8, 4) is 5.75 Å². The van der Waals surface area contributed by atoms with Crippen LogP contribution in [0.25, 0.3) is 0 Å². The highest BCUT2D eigenvalue weighted by atomic mass is 16.8. The molecule has 1 saturated heterocycles. The molecule has 1 aliphatic carbocycles. The number of fused-ring (bicyclic) bond motifs is 2. The Morgan fingerprint density at radius 3 is 2.88 bits per heavy atom. The minimum absolute atomic E-state index is 0.0853. The van der Waals surface area contributed by atoms with E-state index in [2.05, 4.69) is 14.9 Å². The average molecular weight is 349 g/mol. The SMILES string of the molecule is COC(=O)OCOc1c2n(ccc1=O)NC1CC3(CCN1C2=O)CC3. The molecule has 9 heteroatoms. The van der Waals surface area contributed by atoms with Crippen molar-refractivity contribution in [3.05, 3.63) is 28.2 Å². The lowest BCUT2D eigenvalue weighted by molar-refractivity contribution is 0.0130. The third kappa shape index (κ3) is 2.69.